The van der Waals surface area contributed by atoms with Gasteiger partial charge in [-0.25, -0.2) is 0 Å². The highest BCUT2D eigenvalue weighted by Crippen LogP contribution is 2.16. The Morgan fingerprint density at radius 3 is 0.771 bits per heavy atom. The van der Waals surface area contributed by atoms with Crippen molar-refractivity contribution in [1.29, 1.82) is 0 Å². The van der Waals surface area contributed by atoms with E-state index in [9.17, 15) is 5.21 Å². The summed E-state index contributed by atoms with van der Waals surface area (Å²) < 4.78 is 0. The lowest BCUT2D eigenvalue weighted by molar-refractivity contribution is -0.855. The van der Waals surface area contributed by atoms with Crippen molar-refractivity contribution in [1.82, 2.24) is 0 Å². The predicted octanol–water partition coefficient (Wildman–Crippen LogP) is 10.7. The van der Waals surface area contributed by atoms with E-state index in [4.69, 9.17) is 0 Å². The van der Waals surface area contributed by atoms with Crippen LogP contribution in [0.3, 0.4) is 0 Å². The molecule has 0 heterocycles. The molecule has 2 heteroatoms. The molecule has 0 aromatic rings. The summed E-state index contributed by atoms with van der Waals surface area (Å²) in [5.41, 5.74) is 0. The fraction of sp³-hybridized carbons (Fsp3) is 1.00. The van der Waals surface area contributed by atoms with Crippen molar-refractivity contribution in [3.05, 3.63) is 5.21 Å². The van der Waals surface area contributed by atoms with E-state index in [1.54, 1.807) is 0 Å². The monoisotopic (exact) mass is 496 g/mol. The Morgan fingerprint density at radius 1 is 0.371 bits per heavy atom. The van der Waals surface area contributed by atoms with Gasteiger partial charge in [0.05, 0.1) is 13.1 Å². The van der Waals surface area contributed by atoms with Crippen LogP contribution in [0, 0.1) is 5.21 Å². The van der Waals surface area contributed by atoms with Crippen LogP contribution in [0.15, 0.2) is 0 Å². The van der Waals surface area contributed by atoms with E-state index in [0.717, 1.165) is 12.8 Å². The second kappa shape index (κ2) is 30.1. The first kappa shape index (κ1) is 34.9. The number of nitrogens with one attached hydrogen (secondary N) is 1. The lowest BCUT2D eigenvalue weighted by atomic mass is 9.99. The first-order valence-electron chi connectivity index (χ1n) is 16.7. The molecule has 0 fully saturated rings. The molecule has 2 atom stereocenters. The minimum absolute atomic E-state index is 0.348. The normalized spacial score (nSPS) is 13.4. The quantitative estimate of drug-likeness (QED) is 0.0778. The Labute approximate surface area is 223 Å². The van der Waals surface area contributed by atoms with Crippen LogP contribution in [0.5, 0.6) is 0 Å². The van der Waals surface area contributed by atoms with Crippen LogP contribution in [-0.4, -0.2) is 13.1 Å². The lowest BCUT2D eigenvalue weighted by Crippen LogP contribution is -3.08. The van der Waals surface area contributed by atoms with Crippen molar-refractivity contribution in [3.63, 3.8) is 0 Å². The first-order chi connectivity index (χ1) is 17.2. The van der Waals surface area contributed by atoms with Gasteiger partial charge in [-0.15, -0.1) is 0 Å². The highest BCUT2D eigenvalue weighted by Gasteiger charge is 2.11. The van der Waals surface area contributed by atoms with E-state index >= 15 is 0 Å². The van der Waals surface area contributed by atoms with Gasteiger partial charge >= 0.3 is 0 Å². The lowest BCUT2D eigenvalue weighted by Gasteiger charge is -2.28. The molecular weight excluding hydrogens is 426 g/mol. The van der Waals surface area contributed by atoms with Gasteiger partial charge in [-0.1, -0.05) is 174 Å². The van der Waals surface area contributed by atoms with Crippen LogP contribution in [-0.2, 0) is 0 Å². The van der Waals surface area contributed by atoms with E-state index in [-0.39, 0.29) is 0 Å². The zero-order valence-electron chi connectivity index (χ0n) is 25.0. The number of quaternary nitrogens is 1. The fourth-order valence-electron chi connectivity index (χ4n) is 5.54. The van der Waals surface area contributed by atoms with Crippen LogP contribution < -0.4 is 5.06 Å². The average Bonchev–Trinajstić information content (AvgIpc) is 2.85. The van der Waals surface area contributed by atoms with Gasteiger partial charge in [0.15, 0.2) is 0 Å². The van der Waals surface area contributed by atoms with Gasteiger partial charge in [-0.05, 0) is 25.7 Å². The minimum atomic E-state index is 0.348. The molecule has 0 saturated carbocycles. The zero-order valence-corrected chi connectivity index (χ0v) is 25.0. The van der Waals surface area contributed by atoms with Gasteiger partial charge in [0, 0.05) is 0 Å². The number of hydrogen-bond acceptors (Lipinski definition) is 1. The third-order valence-electron chi connectivity index (χ3n) is 8.14. The number of rotatable bonds is 30. The fourth-order valence-corrected chi connectivity index (χ4v) is 5.54. The summed E-state index contributed by atoms with van der Waals surface area (Å²) in [7, 11) is 1.83. The van der Waals surface area contributed by atoms with Crippen molar-refractivity contribution < 1.29 is 5.06 Å². The highest BCUT2D eigenvalue weighted by atomic mass is 16.5. The summed E-state index contributed by atoms with van der Waals surface area (Å²) in [4.78, 5) is 0. The van der Waals surface area contributed by atoms with Crippen LogP contribution in [0.25, 0.3) is 0 Å². The molecule has 2 nitrogen and oxygen atoms in total. The van der Waals surface area contributed by atoms with Crippen molar-refractivity contribution in [2.24, 2.45) is 0 Å². The zero-order chi connectivity index (χ0) is 25.7. The molecule has 0 aliphatic heterocycles. The molecule has 1 N–H and O–H groups in total. The van der Waals surface area contributed by atoms with Crippen LogP contribution in [0.1, 0.15) is 200 Å². The number of hydrogen-bond donors (Lipinski definition) is 1. The minimum Gasteiger partial charge on any atom is -0.634 e. The highest BCUT2D eigenvalue weighted by molar-refractivity contribution is 4.59. The van der Waals surface area contributed by atoms with Crippen molar-refractivity contribution in [3.8, 4) is 0 Å². The molecule has 212 valence electrons. The van der Waals surface area contributed by atoms with Gasteiger partial charge in [0.2, 0.25) is 0 Å². The summed E-state index contributed by atoms with van der Waals surface area (Å²) in [6.45, 7) is 4.58. The van der Waals surface area contributed by atoms with Crippen molar-refractivity contribution in [2.75, 3.05) is 7.05 Å². The number of hydroxylamine groups is 2. The first-order valence-corrected chi connectivity index (χ1v) is 16.7. The maximum absolute atomic E-state index is 12.0. The van der Waals surface area contributed by atoms with Gasteiger partial charge in [0.1, 0.15) is 0 Å². The standard InChI is InChI=1S/C33H69NO/c1-4-6-8-10-12-14-15-16-17-18-19-20-21-22-24-26-28-30-32-33(34(3)35)31-29-27-25-23-13-11-9-7-5-2/h33-34H,4-32H2,1-3H3. The summed E-state index contributed by atoms with van der Waals surface area (Å²) in [6, 6.07) is 0.348. The molecule has 0 saturated heterocycles. The molecule has 0 rings (SSSR count). The molecule has 0 aromatic carbocycles. The maximum atomic E-state index is 12.0. The van der Waals surface area contributed by atoms with Crippen LogP contribution >= 0.6 is 0 Å². The second-order valence-corrected chi connectivity index (χ2v) is 11.7. The molecule has 35 heavy (non-hydrogen) atoms. The van der Waals surface area contributed by atoms with Gasteiger partial charge in [-0.2, -0.15) is 0 Å². The number of unbranched alkanes of at least 4 members (excludes halogenated alkanes) is 25. The Balaban J connectivity index is 3.34. The second-order valence-electron chi connectivity index (χ2n) is 11.7. The molecule has 0 radical (unpaired) electrons. The Bertz CT molecular complexity index is 370. The summed E-state index contributed by atoms with van der Waals surface area (Å²) in [5.74, 6) is 0. The van der Waals surface area contributed by atoms with Crippen molar-refractivity contribution in [2.45, 2.75) is 206 Å². The van der Waals surface area contributed by atoms with E-state index in [2.05, 4.69) is 13.8 Å². The molecule has 0 bridgehead atoms. The SMILES string of the molecule is CCCCCCCCCCCCCCCCCCCCC(CCCCCCCCCCC)[NH+](C)[O-]. The molecule has 0 aromatic heterocycles. The molecule has 2 unspecified atom stereocenters. The Kier molecular flexibility index (Phi) is 30.1. The molecule has 0 spiro atoms. The topological polar surface area (TPSA) is 27.5 Å². The Morgan fingerprint density at radius 2 is 0.571 bits per heavy atom. The van der Waals surface area contributed by atoms with E-state index < -0.39 is 0 Å². The van der Waals surface area contributed by atoms with Gasteiger partial charge < -0.3 is 10.3 Å². The average molecular weight is 496 g/mol. The third-order valence-corrected chi connectivity index (χ3v) is 8.14. The largest absolute Gasteiger partial charge is 0.634 e. The molecule has 0 aliphatic rings. The van der Waals surface area contributed by atoms with E-state index in [1.807, 2.05) is 7.05 Å². The molecular formula is C33H69NO. The van der Waals surface area contributed by atoms with E-state index in [0.29, 0.717) is 11.1 Å². The summed E-state index contributed by atoms with van der Waals surface area (Å²) in [6.07, 6.45) is 40.3. The van der Waals surface area contributed by atoms with E-state index in [1.165, 1.54) is 173 Å². The third kappa shape index (κ3) is 28.3. The predicted molar refractivity (Wildman–Crippen MR) is 159 cm³/mol. The Hall–Kier alpha value is -0.0800. The van der Waals surface area contributed by atoms with Gasteiger partial charge in [-0.3, -0.25) is 0 Å². The molecule has 0 amide bonds. The summed E-state index contributed by atoms with van der Waals surface area (Å²) >= 11 is 0. The van der Waals surface area contributed by atoms with Gasteiger partial charge in [0.25, 0.3) is 0 Å². The van der Waals surface area contributed by atoms with Crippen LogP contribution in [0.4, 0.5) is 0 Å². The molecule has 0 aliphatic carbocycles. The summed E-state index contributed by atoms with van der Waals surface area (Å²) in [5, 5.41) is 12.5. The van der Waals surface area contributed by atoms with Crippen LogP contribution in [0.2, 0.25) is 0 Å². The smallest absolute Gasteiger partial charge is 0.0869 e. The maximum Gasteiger partial charge on any atom is 0.0869 e. The van der Waals surface area contributed by atoms with Crippen molar-refractivity contribution >= 4 is 0 Å².